The van der Waals surface area contributed by atoms with Crippen molar-refractivity contribution >= 4 is 23.2 Å². The van der Waals surface area contributed by atoms with Crippen LogP contribution in [0.15, 0.2) is 24.3 Å². The Labute approximate surface area is 107 Å². The van der Waals surface area contributed by atoms with Crippen LogP contribution in [-0.2, 0) is 9.68 Å². The van der Waals surface area contributed by atoms with E-state index >= 15 is 0 Å². The molecule has 0 aromatic heterocycles. The zero-order chi connectivity index (χ0) is 12.4. The molecule has 0 radical (unpaired) electrons. The SMILES string of the molecule is CCN(OC)OC.ClCCl.c1cc2ccc1-2. The Morgan fingerprint density at radius 1 is 1.00 bits per heavy atom. The second kappa shape index (κ2) is 9.87. The second-order valence-corrected chi connectivity index (χ2v) is 3.50. The Morgan fingerprint density at radius 2 is 1.31 bits per heavy atom. The van der Waals surface area contributed by atoms with Crippen molar-refractivity contribution in [2.75, 3.05) is 26.1 Å². The van der Waals surface area contributed by atoms with Gasteiger partial charge in [0, 0.05) is 6.54 Å². The minimum absolute atomic E-state index is 0.194. The molecule has 0 aliphatic heterocycles. The lowest BCUT2D eigenvalue weighted by atomic mass is 9.95. The van der Waals surface area contributed by atoms with E-state index in [0.29, 0.717) is 0 Å². The van der Waals surface area contributed by atoms with E-state index in [4.69, 9.17) is 23.2 Å². The van der Waals surface area contributed by atoms with E-state index in [2.05, 4.69) is 33.9 Å². The van der Waals surface area contributed by atoms with Gasteiger partial charge in [0.15, 0.2) is 0 Å². The summed E-state index contributed by atoms with van der Waals surface area (Å²) in [6, 6.07) is 8.48. The van der Waals surface area contributed by atoms with Gasteiger partial charge >= 0.3 is 0 Å². The molecule has 0 bridgehead atoms. The first-order valence-electron chi connectivity index (χ1n) is 4.81. The maximum Gasteiger partial charge on any atom is 0.0967 e. The van der Waals surface area contributed by atoms with Crippen molar-refractivity contribution in [2.24, 2.45) is 0 Å². The van der Waals surface area contributed by atoms with Crippen molar-refractivity contribution in [3.8, 4) is 11.1 Å². The number of nitrogens with zero attached hydrogens (tertiary/aromatic N) is 1. The Balaban J connectivity index is 0.000000228. The molecule has 5 heteroatoms. The molecule has 0 N–H and O–H groups in total. The van der Waals surface area contributed by atoms with Gasteiger partial charge in [-0.15, -0.1) is 23.2 Å². The summed E-state index contributed by atoms with van der Waals surface area (Å²) in [5.41, 5.74) is 2.85. The highest BCUT2D eigenvalue weighted by atomic mass is 35.5. The highest BCUT2D eigenvalue weighted by Crippen LogP contribution is 2.29. The van der Waals surface area contributed by atoms with Crippen LogP contribution in [0.25, 0.3) is 11.1 Å². The van der Waals surface area contributed by atoms with Crippen LogP contribution >= 0.6 is 23.2 Å². The topological polar surface area (TPSA) is 21.7 Å². The maximum absolute atomic E-state index is 4.76. The third kappa shape index (κ3) is 5.68. The largest absolute Gasteiger partial charge is 0.278 e. The van der Waals surface area contributed by atoms with Crippen LogP contribution in [0.2, 0.25) is 0 Å². The number of alkyl halides is 2. The summed E-state index contributed by atoms with van der Waals surface area (Å²) in [6.07, 6.45) is 0. The fourth-order valence-corrected chi connectivity index (χ4v) is 0.995. The van der Waals surface area contributed by atoms with E-state index in [0.717, 1.165) is 6.54 Å². The predicted molar refractivity (Wildman–Crippen MR) is 68.4 cm³/mol. The molecule has 0 saturated heterocycles. The number of hydrogen-bond acceptors (Lipinski definition) is 3. The number of hydrogen-bond donors (Lipinski definition) is 0. The van der Waals surface area contributed by atoms with E-state index in [1.807, 2.05) is 6.92 Å². The monoisotopic (exact) mass is 265 g/mol. The van der Waals surface area contributed by atoms with Crippen molar-refractivity contribution in [1.82, 2.24) is 5.23 Å². The average Bonchev–Trinajstić information content (AvgIpc) is 2.28. The van der Waals surface area contributed by atoms with Crippen LogP contribution in [0.1, 0.15) is 6.92 Å². The first-order chi connectivity index (χ1) is 7.73. The van der Waals surface area contributed by atoms with Crippen molar-refractivity contribution in [1.29, 1.82) is 0 Å². The van der Waals surface area contributed by atoms with Crippen LogP contribution in [0.4, 0.5) is 0 Å². The van der Waals surface area contributed by atoms with Gasteiger partial charge in [-0.05, 0) is 18.1 Å². The molecule has 0 spiro atoms. The molecule has 2 aliphatic rings. The van der Waals surface area contributed by atoms with Gasteiger partial charge < -0.3 is 0 Å². The van der Waals surface area contributed by atoms with Crippen LogP contribution in [0.3, 0.4) is 0 Å². The predicted octanol–water partition coefficient (Wildman–Crippen LogP) is 3.52. The Bertz CT molecular complexity index is 237. The van der Waals surface area contributed by atoms with E-state index in [-0.39, 0.29) is 5.34 Å². The number of halogens is 2. The van der Waals surface area contributed by atoms with E-state index in [1.165, 1.54) is 16.4 Å². The summed E-state index contributed by atoms with van der Waals surface area (Å²) in [5, 5.41) is 1.57. The molecular formula is C11H17Cl2NO2. The molecule has 0 atom stereocenters. The third-order valence-corrected chi connectivity index (χ3v) is 1.88. The van der Waals surface area contributed by atoms with E-state index in [1.54, 1.807) is 14.2 Å². The molecule has 2 rings (SSSR count). The molecular weight excluding hydrogens is 249 g/mol. The van der Waals surface area contributed by atoms with E-state index < -0.39 is 0 Å². The van der Waals surface area contributed by atoms with Gasteiger partial charge in [0.2, 0.25) is 0 Å². The summed E-state index contributed by atoms with van der Waals surface area (Å²) < 4.78 is 0. The second-order valence-electron chi connectivity index (χ2n) is 2.69. The molecule has 0 fully saturated rings. The third-order valence-electron chi connectivity index (χ3n) is 1.88. The summed E-state index contributed by atoms with van der Waals surface area (Å²) in [7, 11) is 3.12. The molecule has 0 saturated carbocycles. The molecule has 0 aromatic rings. The van der Waals surface area contributed by atoms with Gasteiger partial charge in [-0.25, -0.2) is 0 Å². The van der Waals surface area contributed by atoms with Crippen LogP contribution in [0.5, 0.6) is 0 Å². The lowest BCUT2D eigenvalue weighted by Crippen LogP contribution is -2.19. The highest BCUT2D eigenvalue weighted by Gasteiger charge is 2.03. The molecule has 2 aliphatic carbocycles. The molecule has 0 heterocycles. The van der Waals surface area contributed by atoms with Gasteiger partial charge in [0.25, 0.3) is 0 Å². The quantitative estimate of drug-likeness (QED) is 0.626. The van der Waals surface area contributed by atoms with Crippen molar-refractivity contribution in [2.45, 2.75) is 6.92 Å². The summed E-state index contributed by atoms with van der Waals surface area (Å²) in [6.45, 7) is 2.68. The summed E-state index contributed by atoms with van der Waals surface area (Å²) in [4.78, 5) is 9.32. The Kier molecular flexibility index (Phi) is 9.68. The normalized spacial score (nSPS) is 9.88. The van der Waals surface area contributed by atoms with Crippen LogP contribution in [-0.4, -0.2) is 31.3 Å². The molecule has 92 valence electrons. The Hall–Kier alpha value is -0.320. The minimum atomic E-state index is 0.194. The molecule has 3 nitrogen and oxygen atoms in total. The zero-order valence-electron chi connectivity index (χ0n) is 9.74. The lowest BCUT2D eigenvalue weighted by Gasteiger charge is -2.11. The average molecular weight is 266 g/mol. The van der Waals surface area contributed by atoms with Gasteiger partial charge in [-0.2, -0.15) is 0 Å². The van der Waals surface area contributed by atoms with Crippen molar-refractivity contribution in [3.05, 3.63) is 24.3 Å². The first kappa shape index (κ1) is 15.7. The number of hydroxylamine groups is 2. The molecule has 16 heavy (non-hydrogen) atoms. The minimum Gasteiger partial charge on any atom is -0.278 e. The number of fused-ring (bicyclic) bond motifs is 1. The van der Waals surface area contributed by atoms with Crippen LogP contribution < -0.4 is 0 Å². The smallest absolute Gasteiger partial charge is 0.0967 e. The van der Waals surface area contributed by atoms with E-state index in [9.17, 15) is 0 Å². The molecule has 0 aromatic carbocycles. The lowest BCUT2D eigenvalue weighted by molar-refractivity contribution is -0.339. The fourth-order valence-electron chi connectivity index (χ4n) is 0.995. The van der Waals surface area contributed by atoms with Gasteiger partial charge in [0.1, 0.15) is 0 Å². The fraction of sp³-hybridized carbons (Fsp3) is 0.455. The first-order valence-corrected chi connectivity index (χ1v) is 5.88. The standard InChI is InChI=1S/C6H4.C4H11NO2.CH2Cl2/c1-2-6-4-3-5(1)6;1-4-5(6-2)7-3;2-1-3/h1-4H;4H2,1-3H3;1H2. The molecule has 0 unspecified atom stereocenters. The van der Waals surface area contributed by atoms with Crippen molar-refractivity contribution < 1.29 is 9.68 Å². The zero-order valence-corrected chi connectivity index (χ0v) is 11.3. The highest BCUT2D eigenvalue weighted by molar-refractivity contribution is 6.40. The van der Waals surface area contributed by atoms with Crippen molar-refractivity contribution in [3.63, 3.8) is 0 Å². The number of benzene rings is 1. The van der Waals surface area contributed by atoms with Crippen LogP contribution in [0, 0.1) is 0 Å². The summed E-state index contributed by atoms with van der Waals surface area (Å²) in [5.74, 6) is 0. The van der Waals surface area contributed by atoms with Gasteiger partial charge in [0.05, 0.1) is 19.6 Å². The Morgan fingerprint density at radius 3 is 1.31 bits per heavy atom. The molecule has 0 amide bonds. The maximum atomic E-state index is 4.76. The van der Waals surface area contributed by atoms with Gasteiger partial charge in [-0.1, -0.05) is 29.5 Å². The van der Waals surface area contributed by atoms with Gasteiger partial charge in [-0.3, -0.25) is 9.68 Å². The number of rotatable bonds is 3. The summed E-state index contributed by atoms with van der Waals surface area (Å²) >= 11 is 9.53.